The average Bonchev–Trinajstić information content (AvgIpc) is 2.82. The van der Waals surface area contributed by atoms with E-state index in [1.54, 1.807) is 0 Å². The summed E-state index contributed by atoms with van der Waals surface area (Å²) in [4.78, 5) is 24.8. The maximum atomic E-state index is 11.8. The normalized spacial score (nSPS) is 26.3. The largest absolute Gasteiger partial charge is 0.448 e. The number of carbonyl (C=O) groups is 1. The molecule has 0 aliphatic heterocycles. The molecule has 8 N–H and O–H groups in total. The number of nitro benzene ring substituents is 1. The second-order valence-electron chi connectivity index (χ2n) is 7.59. The summed E-state index contributed by atoms with van der Waals surface area (Å²) in [6.07, 6.45) is -5.78. The molecular formula is C18H27N7O9. The van der Waals surface area contributed by atoms with Crippen molar-refractivity contribution in [3.63, 3.8) is 0 Å². The van der Waals surface area contributed by atoms with E-state index in [1.165, 1.54) is 12.1 Å². The van der Waals surface area contributed by atoms with Crippen LogP contribution in [0.15, 0.2) is 23.3 Å². The Morgan fingerprint density at radius 1 is 1.29 bits per heavy atom. The number of rotatable bonds is 11. The van der Waals surface area contributed by atoms with Crippen molar-refractivity contribution in [2.45, 2.75) is 36.4 Å². The highest BCUT2D eigenvalue weighted by molar-refractivity contribution is 5.68. The minimum absolute atomic E-state index is 0.0536. The quantitative estimate of drug-likeness (QED) is 0.0463. The number of nitro groups is 1. The lowest BCUT2D eigenvalue weighted by molar-refractivity contribution is -0.383. The Hall–Kier alpha value is -3.24. The van der Waals surface area contributed by atoms with Crippen LogP contribution in [0.5, 0.6) is 0 Å². The lowest BCUT2D eigenvalue weighted by Crippen LogP contribution is -2.67. The van der Waals surface area contributed by atoms with Crippen LogP contribution in [-0.2, 0) is 4.74 Å². The summed E-state index contributed by atoms with van der Waals surface area (Å²) in [5, 5.41) is 71.6. The van der Waals surface area contributed by atoms with E-state index in [1.807, 2.05) is 0 Å². The van der Waals surface area contributed by atoms with Crippen LogP contribution in [0.2, 0.25) is 0 Å². The number of azide groups is 1. The fourth-order valence-electron chi connectivity index (χ4n) is 3.45. The van der Waals surface area contributed by atoms with Crippen molar-refractivity contribution in [2.75, 3.05) is 38.2 Å². The van der Waals surface area contributed by atoms with E-state index in [2.05, 4.69) is 26.0 Å². The Bertz CT molecular complexity index is 914. The molecule has 0 bridgehead atoms. The molecule has 0 spiro atoms. The van der Waals surface area contributed by atoms with E-state index in [0.29, 0.717) is 0 Å². The molecule has 1 aliphatic rings. The molecule has 1 amide bonds. The molecule has 1 aromatic rings. The summed E-state index contributed by atoms with van der Waals surface area (Å²) >= 11 is 0. The second-order valence-corrected chi connectivity index (χ2v) is 7.59. The molecule has 2 rings (SSSR count). The van der Waals surface area contributed by atoms with Crippen LogP contribution in [0.3, 0.4) is 0 Å². The molecule has 16 heteroatoms. The predicted octanol–water partition coefficient (Wildman–Crippen LogP) is -1.16. The number of ether oxygens (including phenoxy) is 1. The molecule has 1 aromatic carbocycles. The zero-order valence-corrected chi connectivity index (χ0v) is 17.9. The summed E-state index contributed by atoms with van der Waals surface area (Å²) in [7, 11) is 0. The molecule has 188 valence electrons. The van der Waals surface area contributed by atoms with Gasteiger partial charge in [-0.1, -0.05) is 11.2 Å². The third-order valence-electron chi connectivity index (χ3n) is 5.27. The van der Waals surface area contributed by atoms with Gasteiger partial charge in [-0.05, 0) is 18.0 Å². The van der Waals surface area contributed by atoms with E-state index in [4.69, 9.17) is 10.3 Å². The van der Waals surface area contributed by atoms with Crippen LogP contribution < -0.4 is 16.0 Å². The molecular weight excluding hydrogens is 458 g/mol. The summed E-state index contributed by atoms with van der Waals surface area (Å²) in [6, 6.07) is 3.01. The molecule has 5 atom stereocenters. The van der Waals surface area contributed by atoms with Crippen molar-refractivity contribution in [3.8, 4) is 0 Å². The molecule has 0 saturated heterocycles. The van der Waals surface area contributed by atoms with Crippen LogP contribution in [0.1, 0.15) is 6.42 Å². The molecule has 34 heavy (non-hydrogen) atoms. The van der Waals surface area contributed by atoms with Crippen LogP contribution in [0.4, 0.5) is 21.9 Å². The minimum atomic E-state index is -1.98. The lowest BCUT2D eigenvalue weighted by Gasteiger charge is -2.45. The Morgan fingerprint density at radius 3 is 2.68 bits per heavy atom. The van der Waals surface area contributed by atoms with Crippen molar-refractivity contribution in [1.29, 1.82) is 0 Å². The van der Waals surface area contributed by atoms with Gasteiger partial charge in [0.25, 0.3) is 5.69 Å². The Labute approximate surface area is 192 Å². The van der Waals surface area contributed by atoms with Crippen LogP contribution in [0, 0.1) is 10.1 Å². The standard InChI is InChI=1S/C18H27N7O9/c19-24-23-10-1-2-11(13(7-10)25(32)33)21-5-6-34-17(30)22-4-3-20-12-8-18(31,9-26)16(29)15(28)14(12)27/h1-2,7,12,14-16,20-21,26-29,31H,3-6,8-9H2,(H,22,30)/t12-,14-,15+,16-,18-/m0/s1. The fourth-order valence-corrected chi connectivity index (χ4v) is 3.45. The van der Waals surface area contributed by atoms with Crippen molar-refractivity contribution in [3.05, 3.63) is 38.8 Å². The number of anilines is 1. The van der Waals surface area contributed by atoms with Crippen molar-refractivity contribution < 1.29 is 40.0 Å². The molecule has 0 aromatic heterocycles. The Kier molecular flexibility index (Phi) is 9.76. The number of hydrogen-bond acceptors (Lipinski definition) is 12. The van der Waals surface area contributed by atoms with Crippen molar-refractivity contribution >= 4 is 23.2 Å². The summed E-state index contributed by atoms with van der Waals surface area (Å²) in [6.45, 7) is -0.706. The maximum absolute atomic E-state index is 11.8. The summed E-state index contributed by atoms with van der Waals surface area (Å²) < 4.78 is 4.95. The van der Waals surface area contributed by atoms with Gasteiger partial charge in [-0.25, -0.2) is 4.79 Å². The zero-order chi connectivity index (χ0) is 25.3. The fraction of sp³-hybridized carbons (Fsp3) is 0.611. The number of aliphatic hydroxyl groups excluding tert-OH is 4. The van der Waals surface area contributed by atoms with E-state index in [0.717, 1.165) is 6.07 Å². The van der Waals surface area contributed by atoms with Crippen LogP contribution >= 0.6 is 0 Å². The average molecular weight is 485 g/mol. The number of amides is 1. The minimum Gasteiger partial charge on any atom is -0.448 e. The highest BCUT2D eigenvalue weighted by Gasteiger charge is 2.50. The highest BCUT2D eigenvalue weighted by atomic mass is 16.6. The first-order chi connectivity index (χ1) is 16.1. The van der Waals surface area contributed by atoms with E-state index in [-0.39, 0.29) is 49.7 Å². The van der Waals surface area contributed by atoms with Gasteiger partial charge >= 0.3 is 6.09 Å². The first-order valence-electron chi connectivity index (χ1n) is 10.2. The van der Waals surface area contributed by atoms with Gasteiger partial charge in [-0.3, -0.25) is 10.1 Å². The van der Waals surface area contributed by atoms with Gasteiger partial charge in [0.15, 0.2) is 0 Å². The molecule has 0 heterocycles. The number of aliphatic hydroxyl groups is 5. The van der Waals surface area contributed by atoms with E-state index >= 15 is 0 Å². The van der Waals surface area contributed by atoms with Crippen molar-refractivity contribution in [1.82, 2.24) is 10.6 Å². The number of hydrogen-bond donors (Lipinski definition) is 8. The molecule has 1 saturated carbocycles. The van der Waals surface area contributed by atoms with E-state index < -0.39 is 47.6 Å². The Balaban J connectivity index is 1.71. The predicted molar refractivity (Wildman–Crippen MR) is 116 cm³/mol. The first kappa shape index (κ1) is 27.0. The smallest absolute Gasteiger partial charge is 0.407 e. The number of nitrogens with one attached hydrogen (secondary N) is 3. The number of benzene rings is 1. The van der Waals surface area contributed by atoms with Gasteiger partial charge < -0.3 is 46.2 Å². The van der Waals surface area contributed by atoms with Gasteiger partial charge in [-0.15, -0.1) is 0 Å². The van der Waals surface area contributed by atoms with E-state index in [9.17, 15) is 40.4 Å². The van der Waals surface area contributed by atoms with Gasteiger partial charge in [-0.2, -0.15) is 0 Å². The molecule has 0 unspecified atom stereocenters. The number of nitrogens with zero attached hydrogens (tertiary/aromatic N) is 4. The first-order valence-corrected chi connectivity index (χ1v) is 10.2. The van der Waals surface area contributed by atoms with Crippen LogP contribution in [0.25, 0.3) is 10.4 Å². The van der Waals surface area contributed by atoms with Gasteiger partial charge in [0.05, 0.1) is 17.6 Å². The second kappa shape index (κ2) is 12.3. The highest BCUT2D eigenvalue weighted by Crippen LogP contribution is 2.30. The molecule has 1 fully saturated rings. The van der Waals surface area contributed by atoms with Crippen LogP contribution in [-0.4, -0.2) is 99.4 Å². The number of carbonyl (C=O) groups excluding carboxylic acids is 1. The Morgan fingerprint density at radius 2 is 2.03 bits per heavy atom. The third-order valence-corrected chi connectivity index (χ3v) is 5.27. The molecule has 1 aliphatic carbocycles. The number of alkyl carbamates (subject to hydrolysis) is 1. The lowest BCUT2D eigenvalue weighted by atomic mass is 9.76. The molecule has 16 nitrogen and oxygen atoms in total. The monoisotopic (exact) mass is 485 g/mol. The van der Waals surface area contributed by atoms with Gasteiger partial charge in [0.2, 0.25) is 0 Å². The molecule has 0 radical (unpaired) electrons. The third kappa shape index (κ3) is 6.88. The summed E-state index contributed by atoms with van der Waals surface area (Å²) in [5.41, 5.74) is 6.36. The van der Waals surface area contributed by atoms with Gasteiger partial charge in [0.1, 0.15) is 30.1 Å². The van der Waals surface area contributed by atoms with Crippen molar-refractivity contribution in [2.24, 2.45) is 5.11 Å². The summed E-state index contributed by atoms with van der Waals surface area (Å²) in [5.74, 6) is 0. The maximum Gasteiger partial charge on any atom is 0.407 e. The van der Waals surface area contributed by atoms with Gasteiger partial charge in [0, 0.05) is 42.3 Å². The zero-order valence-electron chi connectivity index (χ0n) is 17.9. The SMILES string of the molecule is [N-]=[N+]=Nc1ccc(NCCOC(=O)NCCN[C@H]2C[C@](O)(CO)[C@@H](O)[C@H](O)[C@H]2O)c([N+](=O)[O-])c1. The topological polar surface area (TPSA) is 255 Å².